The third-order valence-electron chi connectivity index (χ3n) is 3.39. The molecule has 0 nitrogen and oxygen atoms in total. The van der Waals surface area contributed by atoms with E-state index in [-0.39, 0.29) is 7.92 Å². The molecule has 92 valence electrons. The van der Waals surface area contributed by atoms with E-state index in [0.29, 0.717) is 0 Å². The fraction of sp³-hybridized carbons (Fsp3) is 0.250. The van der Waals surface area contributed by atoms with Gasteiger partial charge < -0.3 is 0 Å². The molecule has 2 aromatic rings. The van der Waals surface area contributed by atoms with Crippen molar-refractivity contribution >= 4 is 41.1 Å². The summed E-state index contributed by atoms with van der Waals surface area (Å²) in [6.45, 7) is 0. The maximum atomic E-state index is 2.60. The van der Waals surface area contributed by atoms with Gasteiger partial charge in [0.25, 0.3) is 0 Å². The van der Waals surface area contributed by atoms with Crippen LogP contribution < -0.4 is 10.6 Å². The van der Waals surface area contributed by atoms with Crippen molar-refractivity contribution in [2.24, 2.45) is 5.92 Å². The largest absolute Gasteiger partial charge is 0.0823 e. The van der Waals surface area contributed by atoms with Crippen LogP contribution in [0.25, 0.3) is 0 Å². The number of rotatable bonds is 4. The summed E-state index contributed by atoms with van der Waals surface area (Å²) in [6, 6.07) is 22.1. The zero-order chi connectivity index (χ0) is 12.4. The number of alkyl halides is 1. The smallest absolute Gasteiger partial charge is 0.0145 e. The summed E-state index contributed by atoms with van der Waals surface area (Å²) in [5.74, 6) is 0.942. The maximum Gasteiger partial charge on any atom is 0.0145 e. The molecule has 0 bridgehead atoms. The standard InChI is InChI=1S/C16H16IP/c17-16-11-13(16)12-18(14-7-3-1-4-8-14)15-9-5-2-6-10-15/h1-10,13,16H,11-12H2/t13-,16-/m1/s1. The summed E-state index contributed by atoms with van der Waals surface area (Å²) in [7, 11) is -0.159. The number of hydrogen-bond acceptors (Lipinski definition) is 0. The van der Waals surface area contributed by atoms with Gasteiger partial charge >= 0.3 is 0 Å². The molecule has 1 fully saturated rings. The molecule has 3 rings (SSSR count). The Labute approximate surface area is 124 Å². The van der Waals surface area contributed by atoms with E-state index < -0.39 is 0 Å². The molecule has 0 aromatic heterocycles. The van der Waals surface area contributed by atoms with Gasteiger partial charge in [0.05, 0.1) is 0 Å². The number of benzene rings is 2. The van der Waals surface area contributed by atoms with Crippen molar-refractivity contribution in [3.05, 3.63) is 60.7 Å². The molecular weight excluding hydrogens is 350 g/mol. The fourth-order valence-corrected chi connectivity index (χ4v) is 6.18. The molecule has 0 unspecified atom stereocenters. The van der Waals surface area contributed by atoms with E-state index in [4.69, 9.17) is 0 Å². The lowest BCUT2D eigenvalue weighted by molar-refractivity contribution is 1.01. The van der Waals surface area contributed by atoms with Gasteiger partial charge in [-0.25, -0.2) is 0 Å². The van der Waals surface area contributed by atoms with Gasteiger partial charge in [0.1, 0.15) is 0 Å². The second-order valence-corrected chi connectivity index (χ2v) is 8.65. The Morgan fingerprint density at radius 1 is 0.889 bits per heavy atom. The molecule has 2 heteroatoms. The highest BCUT2D eigenvalue weighted by Gasteiger charge is 2.36. The van der Waals surface area contributed by atoms with Crippen LogP contribution in [0, 0.1) is 5.92 Å². The summed E-state index contributed by atoms with van der Waals surface area (Å²) < 4.78 is 0.917. The predicted molar refractivity (Wildman–Crippen MR) is 89.9 cm³/mol. The van der Waals surface area contributed by atoms with Crippen molar-refractivity contribution in [3.63, 3.8) is 0 Å². The summed E-state index contributed by atoms with van der Waals surface area (Å²) in [4.78, 5) is 0. The van der Waals surface area contributed by atoms with Gasteiger partial charge in [-0.05, 0) is 37.0 Å². The molecule has 2 atom stereocenters. The van der Waals surface area contributed by atoms with E-state index in [2.05, 4.69) is 83.3 Å². The molecular formula is C16H16IP. The highest BCUT2D eigenvalue weighted by Crippen LogP contribution is 2.47. The first-order valence-electron chi connectivity index (χ1n) is 6.36. The van der Waals surface area contributed by atoms with Gasteiger partial charge in [-0.2, -0.15) is 0 Å². The Kier molecular flexibility index (Phi) is 4.00. The van der Waals surface area contributed by atoms with Gasteiger partial charge in [0.15, 0.2) is 0 Å². The Morgan fingerprint density at radius 3 is 1.72 bits per heavy atom. The van der Waals surface area contributed by atoms with E-state index in [1.807, 2.05) is 0 Å². The zero-order valence-corrected chi connectivity index (χ0v) is 13.2. The first-order chi connectivity index (χ1) is 8.84. The quantitative estimate of drug-likeness (QED) is 0.437. The second kappa shape index (κ2) is 5.71. The first kappa shape index (κ1) is 12.6. The first-order valence-corrected chi connectivity index (χ1v) is 9.13. The fourth-order valence-electron chi connectivity index (χ4n) is 2.21. The zero-order valence-electron chi connectivity index (χ0n) is 10.2. The molecule has 0 spiro atoms. The summed E-state index contributed by atoms with van der Waals surface area (Å²) in [6.07, 6.45) is 2.77. The van der Waals surface area contributed by atoms with Crippen LogP contribution in [0.5, 0.6) is 0 Å². The van der Waals surface area contributed by atoms with E-state index in [0.717, 1.165) is 9.84 Å². The molecule has 1 saturated carbocycles. The Balaban J connectivity index is 1.89. The SMILES string of the molecule is I[C@@H]1C[C@@H]1CP(c1ccccc1)c1ccccc1. The van der Waals surface area contributed by atoms with Crippen LogP contribution in [0.3, 0.4) is 0 Å². The van der Waals surface area contributed by atoms with Gasteiger partial charge in [-0.3, -0.25) is 0 Å². The molecule has 1 aliphatic carbocycles. The Bertz CT molecular complexity index is 458. The minimum atomic E-state index is -0.159. The van der Waals surface area contributed by atoms with Gasteiger partial charge in [-0.15, -0.1) is 0 Å². The van der Waals surface area contributed by atoms with E-state index in [1.165, 1.54) is 23.2 Å². The number of halogens is 1. The summed E-state index contributed by atoms with van der Waals surface area (Å²) in [5.41, 5.74) is 0. The van der Waals surface area contributed by atoms with E-state index in [1.54, 1.807) is 0 Å². The topological polar surface area (TPSA) is 0 Å². The van der Waals surface area contributed by atoms with Crippen LogP contribution in [-0.2, 0) is 0 Å². The molecule has 18 heavy (non-hydrogen) atoms. The van der Waals surface area contributed by atoms with Crippen LogP contribution in [0.4, 0.5) is 0 Å². The lowest BCUT2D eigenvalue weighted by atomic mass is 10.4. The Hall–Kier alpha value is -0.400. The molecule has 0 heterocycles. The maximum absolute atomic E-state index is 2.60. The van der Waals surface area contributed by atoms with Crippen LogP contribution >= 0.6 is 30.5 Å². The molecule has 0 aliphatic heterocycles. The van der Waals surface area contributed by atoms with Crippen molar-refractivity contribution < 1.29 is 0 Å². The minimum absolute atomic E-state index is 0.159. The molecule has 0 saturated heterocycles. The van der Waals surface area contributed by atoms with Crippen LogP contribution in [0.1, 0.15) is 6.42 Å². The molecule has 0 radical (unpaired) electrons. The normalized spacial score (nSPS) is 22.1. The van der Waals surface area contributed by atoms with Crippen LogP contribution in [0.15, 0.2) is 60.7 Å². The minimum Gasteiger partial charge on any atom is -0.0823 e. The van der Waals surface area contributed by atoms with Gasteiger partial charge in [0, 0.05) is 3.92 Å². The second-order valence-electron chi connectivity index (χ2n) is 4.79. The lowest BCUT2D eigenvalue weighted by Gasteiger charge is -2.18. The third-order valence-corrected chi connectivity index (χ3v) is 7.59. The predicted octanol–water partition coefficient (Wildman–Crippen LogP) is 3.94. The highest BCUT2D eigenvalue weighted by atomic mass is 127. The number of hydrogen-bond donors (Lipinski definition) is 0. The average molecular weight is 366 g/mol. The van der Waals surface area contributed by atoms with Crippen molar-refractivity contribution in [2.75, 3.05) is 6.16 Å². The van der Waals surface area contributed by atoms with Crippen molar-refractivity contribution in [3.8, 4) is 0 Å². The Morgan fingerprint density at radius 2 is 1.33 bits per heavy atom. The van der Waals surface area contributed by atoms with Crippen LogP contribution in [-0.4, -0.2) is 10.1 Å². The molecule has 0 N–H and O–H groups in total. The van der Waals surface area contributed by atoms with Gasteiger partial charge in [-0.1, -0.05) is 83.3 Å². The lowest BCUT2D eigenvalue weighted by Crippen LogP contribution is -2.14. The summed E-state index contributed by atoms with van der Waals surface area (Å²) in [5, 5.41) is 3.04. The van der Waals surface area contributed by atoms with Crippen molar-refractivity contribution in [2.45, 2.75) is 10.3 Å². The molecule has 0 amide bonds. The van der Waals surface area contributed by atoms with Crippen molar-refractivity contribution in [1.82, 2.24) is 0 Å². The van der Waals surface area contributed by atoms with E-state index >= 15 is 0 Å². The van der Waals surface area contributed by atoms with Crippen LogP contribution in [0.2, 0.25) is 0 Å². The van der Waals surface area contributed by atoms with E-state index in [9.17, 15) is 0 Å². The highest BCUT2D eigenvalue weighted by molar-refractivity contribution is 14.1. The summed E-state index contributed by atoms with van der Waals surface area (Å²) >= 11 is 2.60. The average Bonchev–Trinajstić information content (AvgIpc) is 3.14. The third kappa shape index (κ3) is 2.95. The monoisotopic (exact) mass is 366 g/mol. The van der Waals surface area contributed by atoms with Crippen molar-refractivity contribution in [1.29, 1.82) is 0 Å². The molecule has 1 aliphatic rings. The van der Waals surface area contributed by atoms with Gasteiger partial charge in [0.2, 0.25) is 0 Å². The molecule has 2 aromatic carbocycles.